The van der Waals surface area contributed by atoms with E-state index < -0.39 is 29.5 Å². The molecule has 0 saturated heterocycles. The summed E-state index contributed by atoms with van der Waals surface area (Å²) in [5.74, 6) is -2.25. The van der Waals surface area contributed by atoms with E-state index >= 15 is 4.39 Å². The molecular formula is C25H22F5N5. The molecule has 0 fully saturated rings. The molecule has 2 aromatic carbocycles. The van der Waals surface area contributed by atoms with Crippen LogP contribution < -0.4 is 9.80 Å². The number of alkyl halides is 3. The lowest BCUT2D eigenvalue weighted by atomic mass is 9.91. The molecule has 2 aromatic heterocycles. The first kappa shape index (κ1) is 23.1. The number of aromatic nitrogens is 3. The SMILES string of the molecule is Cc1ccc(C2c3[nH]c4ccc(N(C)C)cc4c3CCN2c2nccc(C(F)(F)F)n2)c(F)c1F. The summed E-state index contributed by atoms with van der Waals surface area (Å²) < 4.78 is 70.0. The minimum atomic E-state index is -4.67. The van der Waals surface area contributed by atoms with Crippen LogP contribution in [0.25, 0.3) is 10.9 Å². The summed E-state index contributed by atoms with van der Waals surface area (Å²) in [6.07, 6.45) is -3.18. The van der Waals surface area contributed by atoms with Crippen molar-refractivity contribution in [3.63, 3.8) is 0 Å². The average molecular weight is 487 g/mol. The van der Waals surface area contributed by atoms with Gasteiger partial charge in [0.1, 0.15) is 11.7 Å². The highest BCUT2D eigenvalue weighted by atomic mass is 19.4. The molecule has 5 nitrogen and oxygen atoms in total. The van der Waals surface area contributed by atoms with Gasteiger partial charge in [0.15, 0.2) is 11.6 Å². The highest BCUT2D eigenvalue weighted by Gasteiger charge is 2.38. The van der Waals surface area contributed by atoms with E-state index in [0.717, 1.165) is 34.4 Å². The van der Waals surface area contributed by atoms with Crippen LogP contribution in [-0.4, -0.2) is 35.6 Å². The molecule has 3 heterocycles. The number of H-pyrrole nitrogens is 1. The van der Waals surface area contributed by atoms with E-state index in [2.05, 4.69) is 15.0 Å². The van der Waals surface area contributed by atoms with E-state index in [-0.39, 0.29) is 23.6 Å². The number of hydrogen-bond acceptors (Lipinski definition) is 4. The van der Waals surface area contributed by atoms with Crippen LogP contribution >= 0.6 is 0 Å². The van der Waals surface area contributed by atoms with Crippen LogP contribution in [0.2, 0.25) is 0 Å². The third kappa shape index (κ3) is 3.86. The topological polar surface area (TPSA) is 48.1 Å². The van der Waals surface area contributed by atoms with Gasteiger partial charge in [0.25, 0.3) is 0 Å². The second-order valence-electron chi connectivity index (χ2n) is 8.83. The number of nitrogens with zero attached hydrogens (tertiary/aromatic N) is 4. The summed E-state index contributed by atoms with van der Waals surface area (Å²) in [6, 6.07) is 8.59. The fourth-order valence-corrected chi connectivity index (χ4v) is 4.61. The first-order valence-corrected chi connectivity index (χ1v) is 11.0. The van der Waals surface area contributed by atoms with Gasteiger partial charge in [0.05, 0.1) is 0 Å². The van der Waals surface area contributed by atoms with Gasteiger partial charge >= 0.3 is 6.18 Å². The fraction of sp³-hybridized carbons (Fsp3) is 0.280. The van der Waals surface area contributed by atoms with E-state index in [4.69, 9.17) is 0 Å². The number of nitrogens with one attached hydrogen (secondary N) is 1. The number of rotatable bonds is 3. The first-order valence-electron chi connectivity index (χ1n) is 11.0. The molecule has 1 aliphatic rings. The van der Waals surface area contributed by atoms with Crippen LogP contribution in [0.15, 0.2) is 42.6 Å². The lowest BCUT2D eigenvalue weighted by Crippen LogP contribution is -2.38. The van der Waals surface area contributed by atoms with E-state index in [1.165, 1.54) is 24.0 Å². The molecule has 0 saturated carbocycles. The fourth-order valence-electron chi connectivity index (χ4n) is 4.61. The maximum absolute atomic E-state index is 15.3. The van der Waals surface area contributed by atoms with Crippen molar-refractivity contribution in [1.82, 2.24) is 15.0 Å². The van der Waals surface area contributed by atoms with Crippen LogP contribution in [0.1, 0.15) is 34.1 Å². The van der Waals surface area contributed by atoms with Gasteiger partial charge in [0, 0.05) is 54.7 Å². The van der Waals surface area contributed by atoms with Crippen LogP contribution in [-0.2, 0) is 12.6 Å². The summed E-state index contributed by atoms with van der Waals surface area (Å²) >= 11 is 0. The minimum Gasteiger partial charge on any atom is -0.378 e. The third-order valence-electron chi connectivity index (χ3n) is 6.42. The van der Waals surface area contributed by atoms with Gasteiger partial charge in [-0.1, -0.05) is 12.1 Å². The van der Waals surface area contributed by atoms with Gasteiger partial charge < -0.3 is 14.8 Å². The summed E-state index contributed by atoms with van der Waals surface area (Å²) in [6.45, 7) is 1.67. The Morgan fingerprint density at radius 2 is 1.83 bits per heavy atom. The van der Waals surface area contributed by atoms with Crippen molar-refractivity contribution >= 4 is 22.5 Å². The molecule has 35 heavy (non-hydrogen) atoms. The maximum Gasteiger partial charge on any atom is 0.433 e. The molecule has 0 aliphatic carbocycles. The lowest BCUT2D eigenvalue weighted by molar-refractivity contribution is -0.141. The Morgan fingerprint density at radius 3 is 2.54 bits per heavy atom. The Kier molecular flexibility index (Phi) is 5.41. The Labute approximate surface area is 198 Å². The number of aryl methyl sites for hydroxylation is 1. The van der Waals surface area contributed by atoms with Crippen LogP contribution in [0.3, 0.4) is 0 Å². The molecule has 0 amide bonds. The van der Waals surface area contributed by atoms with Crippen molar-refractivity contribution in [2.75, 3.05) is 30.4 Å². The number of aromatic amines is 1. The van der Waals surface area contributed by atoms with Gasteiger partial charge in [0.2, 0.25) is 5.95 Å². The molecule has 1 aliphatic heterocycles. The van der Waals surface area contributed by atoms with Crippen molar-refractivity contribution < 1.29 is 22.0 Å². The predicted octanol–water partition coefficient (Wildman–Crippen LogP) is 5.78. The summed E-state index contributed by atoms with van der Waals surface area (Å²) in [7, 11) is 3.83. The number of fused-ring (bicyclic) bond motifs is 3. The molecule has 1 unspecified atom stereocenters. The Balaban J connectivity index is 1.73. The van der Waals surface area contributed by atoms with Crippen molar-refractivity contribution in [3.05, 3.63) is 82.3 Å². The van der Waals surface area contributed by atoms with Crippen LogP contribution in [0, 0.1) is 18.6 Å². The van der Waals surface area contributed by atoms with Crippen LogP contribution in [0.5, 0.6) is 0 Å². The van der Waals surface area contributed by atoms with Crippen molar-refractivity contribution in [2.24, 2.45) is 0 Å². The zero-order valence-electron chi connectivity index (χ0n) is 19.2. The van der Waals surface area contributed by atoms with Crippen molar-refractivity contribution in [3.8, 4) is 0 Å². The normalized spacial score (nSPS) is 16.0. The molecule has 5 rings (SSSR count). The number of halogens is 5. The van der Waals surface area contributed by atoms with Crippen LogP contribution in [0.4, 0.5) is 33.6 Å². The molecule has 1 N–H and O–H groups in total. The van der Waals surface area contributed by atoms with E-state index in [1.54, 1.807) is 0 Å². The molecule has 0 spiro atoms. The van der Waals surface area contributed by atoms with E-state index in [0.29, 0.717) is 12.1 Å². The summed E-state index contributed by atoms with van der Waals surface area (Å²) in [5.41, 5.74) is 2.26. The van der Waals surface area contributed by atoms with Crippen molar-refractivity contribution in [1.29, 1.82) is 0 Å². The molecule has 1 atom stereocenters. The maximum atomic E-state index is 15.3. The van der Waals surface area contributed by atoms with Gasteiger partial charge in [-0.05, 0) is 48.7 Å². The summed E-state index contributed by atoms with van der Waals surface area (Å²) in [4.78, 5) is 14.6. The van der Waals surface area contributed by atoms with Crippen molar-refractivity contribution in [2.45, 2.75) is 25.6 Å². The molecule has 182 valence electrons. The molecule has 0 bridgehead atoms. The highest BCUT2D eigenvalue weighted by Crippen LogP contribution is 2.42. The molecular weight excluding hydrogens is 465 g/mol. The Hall–Kier alpha value is -3.69. The summed E-state index contributed by atoms with van der Waals surface area (Å²) in [5, 5.41) is 0.925. The quantitative estimate of drug-likeness (QED) is 0.372. The monoisotopic (exact) mass is 487 g/mol. The second kappa shape index (κ2) is 8.21. The first-order chi connectivity index (χ1) is 16.6. The molecule has 0 radical (unpaired) electrons. The average Bonchev–Trinajstić information content (AvgIpc) is 3.20. The largest absolute Gasteiger partial charge is 0.433 e. The number of hydrogen-bond donors (Lipinski definition) is 1. The molecule has 4 aromatic rings. The van der Waals surface area contributed by atoms with Gasteiger partial charge in [-0.25, -0.2) is 18.7 Å². The molecule has 10 heteroatoms. The van der Waals surface area contributed by atoms with Gasteiger partial charge in [-0.3, -0.25) is 0 Å². The minimum absolute atomic E-state index is 0.00514. The van der Waals surface area contributed by atoms with Gasteiger partial charge in [-0.15, -0.1) is 0 Å². The third-order valence-corrected chi connectivity index (χ3v) is 6.42. The highest BCUT2D eigenvalue weighted by molar-refractivity contribution is 5.89. The van der Waals surface area contributed by atoms with E-state index in [1.807, 2.05) is 37.2 Å². The smallest absolute Gasteiger partial charge is 0.378 e. The number of benzene rings is 2. The van der Waals surface area contributed by atoms with Gasteiger partial charge in [-0.2, -0.15) is 13.2 Å². The number of anilines is 2. The zero-order chi connectivity index (χ0) is 25.1. The second-order valence-corrected chi connectivity index (χ2v) is 8.83. The van der Waals surface area contributed by atoms with E-state index in [9.17, 15) is 17.6 Å². The standard InChI is InChI=1S/C25H22F5N5/c1-13-4-6-16(21(27)20(13)26)23-22-15(17-12-14(34(2)3)5-7-18(17)32-22)9-11-35(23)24-31-10-8-19(33-24)25(28,29)30/h4-8,10,12,23,32H,9,11H2,1-3H3. The Bertz CT molecular complexity index is 1430. The lowest BCUT2D eigenvalue weighted by Gasteiger charge is -2.36. The Morgan fingerprint density at radius 1 is 1.06 bits per heavy atom. The predicted molar refractivity (Wildman–Crippen MR) is 124 cm³/mol. The zero-order valence-corrected chi connectivity index (χ0v) is 19.2.